The molecular weight excluding hydrogens is 330 g/mol. The Hall–Kier alpha value is -0.430. The van der Waals surface area contributed by atoms with Crippen LogP contribution in [0.1, 0.15) is 30.5 Å². The number of fused-ring (bicyclic) bond motifs is 1. The van der Waals surface area contributed by atoms with Crippen molar-refractivity contribution in [2.24, 2.45) is 0 Å². The van der Waals surface area contributed by atoms with Crippen LogP contribution in [0.4, 0.5) is 0 Å². The fourth-order valence-corrected chi connectivity index (χ4v) is 4.29. The summed E-state index contributed by atoms with van der Waals surface area (Å²) in [5.74, 6) is -0.00807. The first-order valence-corrected chi connectivity index (χ1v) is 8.67. The van der Waals surface area contributed by atoms with Crippen LogP contribution >= 0.6 is 15.9 Å². The van der Waals surface area contributed by atoms with Crippen molar-refractivity contribution in [3.05, 3.63) is 33.8 Å². The summed E-state index contributed by atoms with van der Waals surface area (Å²) in [4.78, 5) is 0. The van der Waals surface area contributed by atoms with Gasteiger partial charge in [0.1, 0.15) is 0 Å². The van der Waals surface area contributed by atoms with E-state index in [1.54, 1.807) is 6.92 Å². The summed E-state index contributed by atoms with van der Waals surface area (Å²) in [6.45, 7) is 1.75. The maximum absolute atomic E-state index is 12.0. The molecule has 0 saturated heterocycles. The first kappa shape index (κ1) is 15.0. The highest BCUT2D eigenvalue weighted by molar-refractivity contribution is 9.10. The van der Waals surface area contributed by atoms with Crippen LogP contribution in [0.2, 0.25) is 0 Å². The minimum atomic E-state index is -3.32. The molecule has 0 aromatic heterocycles. The highest BCUT2D eigenvalue weighted by atomic mass is 79.9. The third-order valence-corrected chi connectivity index (χ3v) is 5.41. The van der Waals surface area contributed by atoms with Crippen LogP contribution in [0.5, 0.6) is 0 Å². The van der Waals surface area contributed by atoms with Gasteiger partial charge >= 0.3 is 0 Å². The van der Waals surface area contributed by atoms with Crippen LogP contribution in [-0.4, -0.2) is 27.4 Å². The molecule has 19 heavy (non-hydrogen) atoms. The van der Waals surface area contributed by atoms with E-state index >= 15 is 0 Å². The van der Waals surface area contributed by atoms with Crippen molar-refractivity contribution < 1.29 is 13.2 Å². The predicted octanol–water partition coefficient (Wildman–Crippen LogP) is 2.39. The van der Waals surface area contributed by atoms with Crippen molar-refractivity contribution in [1.29, 1.82) is 0 Å². The molecule has 0 aliphatic heterocycles. The number of rotatable bonds is 5. The molecule has 0 heterocycles. The average molecular weight is 348 g/mol. The number of halogens is 1. The van der Waals surface area contributed by atoms with E-state index in [2.05, 4.69) is 26.7 Å². The fraction of sp³-hybridized carbons (Fsp3) is 0.538. The van der Waals surface area contributed by atoms with Gasteiger partial charge in [-0.05, 0) is 43.0 Å². The van der Waals surface area contributed by atoms with E-state index in [1.165, 1.54) is 12.7 Å². The van der Waals surface area contributed by atoms with E-state index in [-0.39, 0.29) is 17.9 Å². The maximum atomic E-state index is 12.0. The lowest BCUT2D eigenvalue weighted by molar-refractivity contribution is 0.136. The molecule has 2 atom stereocenters. The number of hydrogen-bond donors (Lipinski definition) is 1. The van der Waals surface area contributed by atoms with Gasteiger partial charge in [-0.3, -0.25) is 0 Å². The standard InChI is InChI=1S/C13H18BrNO3S/c1-9(18-2)8-19(16,17)15-13-6-3-10-7-11(14)4-5-12(10)13/h4-5,7,9,13,15H,3,6,8H2,1-2H3/t9-,13-/m0/s1. The highest BCUT2D eigenvalue weighted by Gasteiger charge is 2.27. The minimum absolute atomic E-state index is 0.00807. The average Bonchev–Trinajstić information content (AvgIpc) is 2.70. The maximum Gasteiger partial charge on any atom is 0.214 e. The van der Waals surface area contributed by atoms with Gasteiger partial charge in [-0.15, -0.1) is 0 Å². The van der Waals surface area contributed by atoms with Crippen LogP contribution in [0.15, 0.2) is 22.7 Å². The number of ether oxygens (including phenoxy) is 1. The largest absolute Gasteiger partial charge is 0.381 e. The minimum Gasteiger partial charge on any atom is -0.381 e. The normalized spacial score (nSPS) is 20.3. The molecule has 0 bridgehead atoms. The van der Waals surface area contributed by atoms with Gasteiger partial charge in [0.25, 0.3) is 0 Å². The monoisotopic (exact) mass is 347 g/mol. The fourth-order valence-electron chi connectivity index (χ4n) is 2.35. The van der Waals surface area contributed by atoms with Crippen LogP contribution in [0, 0.1) is 0 Å². The van der Waals surface area contributed by atoms with E-state index in [9.17, 15) is 8.42 Å². The first-order chi connectivity index (χ1) is 8.91. The second-order valence-corrected chi connectivity index (χ2v) is 7.59. The van der Waals surface area contributed by atoms with E-state index in [1.807, 2.05) is 12.1 Å². The van der Waals surface area contributed by atoms with Gasteiger partial charge in [0.15, 0.2) is 0 Å². The molecule has 0 fully saturated rings. The molecule has 0 saturated carbocycles. The van der Waals surface area contributed by atoms with Gasteiger partial charge in [0, 0.05) is 17.6 Å². The molecule has 2 rings (SSSR count). The summed E-state index contributed by atoms with van der Waals surface area (Å²) in [7, 11) is -1.80. The summed E-state index contributed by atoms with van der Waals surface area (Å²) >= 11 is 3.43. The molecule has 1 N–H and O–H groups in total. The Kier molecular flexibility index (Phi) is 4.66. The Labute approximate surface area is 122 Å². The Morgan fingerprint density at radius 2 is 2.26 bits per heavy atom. The molecule has 106 valence electrons. The summed E-state index contributed by atoms with van der Waals surface area (Å²) in [5, 5.41) is 0. The molecule has 0 unspecified atom stereocenters. The van der Waals surface area contributed by atoms with E-state index < -0.39 is 10.0 Å². The summed E-state index contributed by atoms with van der Waals surface area (Å²) < 4.78 is 32.9. The Bertz CT molecular complexity index is 559. The number of hydrogen-bond acceptors (Lipinski definition) is 3. The quantitative estimate of drug-likeness (QED) is 0.889. The zero-order valence-corrected chi connectivity index (χ0v) is 13.4. The van der Waals surface area contributed by atoms with Crippen molar-refractivity contribution in [1.82, 2.24) is 4.72 Å². The van der Waals surface area contributed by atoms with Crippen molar-refractivity contribution in [3.8, 4) is 0 Å². The summed E-state index contributed by atoms with van der Waals surface area (Å²) in [6.07, 6.45) is 1.41. The number of aryl methyl sites for hydroxylation is 1. The van der Waals surface area contributed by atoms with Crippen molar-refractivity contribution >= 4 is 26.0 Å². The highest BCUT2D eigenvalue weighted by Crippen LogP contribution is 2.33. The number of sulfonamides is 1. The second kappa shape index (κ2) is 5.91. The van der Waals surface area contributed by atoms with E-state index in [0.29, 0.717) is 0 Å². The topological polar surface area (TPSA) is 55.4 Å². The Balaban J connectivity index is 2.11. The number of nitrogens with one attached hydrogen (secondary N) is 1. The lowest BCUT2D eigenvalue weighted by Crippen LogP contribution is -2.33. The summed E-state index contributed by atoms with van der Waals surface area (Å²) in [6, 6.07) is 5.88. The van der Waals surface area contributed by atoms with Crippen LogP contribution in [0.25, 0.3) is 0 Å². The first-order valence-electron chi connectivity index (χ1n) is 6.22. The van der Waals surface area contributed by atoms with Crippen molar-refractivity contribution in [2.45, 2.75) is 31.9 Å². The molecule has 1 aromatic carbocycles. The van der Waals surface area contributed by atoms with Crippen LogP contribution in [0.3, 0.4) is 0 Å². The number of benzene rings is 1. The van der Waals surface area contributed by atoms with Gasteiger partial charge < -0.3 is 4.74 Å². The van der Waals surface area contributed by atoms with Crippen LogP contribution in [-0.2, 0) is 21.2 Å². The molecule has 6 heteroatoms. The SMILES string of the molecule is CO[C@@H](C)CS(=O)(=O)N[C@H]1CCc2cc(Br)ccc21. The molecule has 0 amide bonds. The third kappa shape index (κ3) is 3.78. The Morgan fingerprint density at radius 1 is 1.53 bits per heavy atom. The van der Waals surface area contributed by atoms with Crippen molar-refractivity contribution in [3.63, 3.8) is 0 Å². The van der Waals surface area contributed by atoms with E-state index in [4.69, 9.17) is 4.74 Å². The van der Waals surface area contributed by atoms with Crippen molar-refractivity contribution in [2.75, 3.05) is 12.9 Å². The predicted molar refractivity (Wildman–Crippen MR) is 78.6 cm³/mol. The smallest absolute Gasteiger partial charge is 0.214 e. The van der Waals surface area contributed by atoms with Gasteiger partial charge in [-0.1, -0.05) is 22.0 Å². The van der Waals surface area contributed by atoms with Gasteiger partial charge in [0.2, 0.25) is 10.0 Å². The van der Waals surface area contributed by atoms with Gasteiger partial charge in [-0.25, -0.2) is 13.1 Å². The van der Waals surface area contributed by atoms with E-state index in [0.717, 1.165) is 22.9 Å². The second-order valence-electron chi connectivity index (χ2n) is 4.88. The summed E-state index contributed by atoms with van der Waals surface area (Å²) in [5.41, 5.74) is 2.29. The molecule has 1 aromatic rings. The zero-order chi connectivity index (χ0) is 14.0. The Morgan fingerprint density at radius 3 is 2.95 bits per heavy atom. The van der Waals surface area contributed by atoms with Crippen LogP contribution < -0.4 is 4.72 Å². The molecule has 0 spiro atoms. The molecular formula is C13H18BrNO3S. The third-order valence-electron chi connectivity index (χ3n) is 3.36. The zero-order valence-electron chi connectivity index (χ0n) is 11.0. The molecule has 1 aliphatic carbocycles. The molecule has 1 aliphatic rings. The van der Waals surface area contributed by atoms with Gasteiger partial charge in [-0.2, -0.15) is 0 Å². The van der Waals surface area contributed by atoms with Gasteiger partial charge in [0.05, 0.1) is 11.9 Å². The number of methoxy groups -OCH3 is 1. The molecule has 4 nitrogen and oxygen atoms in total. The lowest BCUT2D eigenvalue weighted by Gasteiger charge is -2.16. The lowest BCUT2D eigenvalue weighted by atomic mass is 10.1. The molecule has 0 radical (unpaired) electrons.